The van der Waals surface area contributed by atoms with Crippen LogP contribution in [0.5, 0.6) is 0 Å². The number of aliphatic hydroxyl groups is 7. The molecule has 31 heteroatoms. The van der Waals surface area contributed by atoms with Gasteiger partial charge in [0.1, 0.15) is 77.7 Å². The molecule has 12 unspecified atom stereocenters. The first-order valence-electron chi connectivity index (χ1n) is 22.3. The molecular weight excluding hydrogens is 997 g/mol. The highest BCUT2D eigenvalue weighted by molar-refractivity contribution is 7.74. The van der Waals surface area contributed by atoms with Gasteiger partial charge >= 0.3 is 11.9 Å². The molecule has 0 aromatic heterocycles. The van der Waals surface area contributed by atoms with Gasteiger partial charge in [-0.3, -0.25) is 4.79 Å². The van der Waals surface area contributed by atoms with Gasteiger partial charge in [0.2, 0.25) is 0 Å². The molecule has 0 aromatic carbocycles. The Bertz CT molecular complexity index is 1710. The van der Waals surface area contributed by atoms with Gasteiger partial charge in [-0.2, -0.15) is 0 Å². The standard InChI is InChI=1S/C39H66O29S2/c1-8-18-23(41)13(2)59-36(24(18)42)57-11-21-26(44)38(62-16(5)32(21)66-68-70(52)53)58-12-22-25(43)37(61-15(4)31(22)65-67-69(50)51)55-9-19-20(35(54-7)60-14(3)30(19)63-17(6)40)10-56-39-29(47)27(45)28(46)33(64-39)34(48)49/h13-16,18-33,35-39,41-47H,8-12H2,1-7H3,(H,48,49)(H,50,51)(H,52,53)/p-2/t13?,14?,15?,16?,18-,19+,20?,21+,22+,23+,24?,25?,26?,27+,28-,29?,30+,31+,32+,33?,35+,36+,37+,38+,39-/m0/s1. The minimum atomic E-state index is -3.24. The number of aliphatic carboxylic acids is 1. The highest BCUT2D eigenvalue weighted by Gasteiger charge is 2.54. The van der Waals surface area contributed by atoms with Crippen LogP contribution in [0.15, 0.2) is 0 Å². The third kappa shape index (κ3) is 14.4. The molecule has 408 valence electrons. The third-order valence-electron chi connectivity index (χ3n) is 13.1. The first-order chi connectivity index (χ1) is 33.0. The second-order valence-corrected chi connectivity index (χ2v) is 18.7. The largest absolute Gasteiger partial charge is 0.748 e. The molecule has 5 aliphatic rings. The summed E-state index contributed by atoms with van der Waals surface area (Å²) in [5.41, 5.74) is 0. The van der Waals surface area contributed by atoms with Gasteiger partial charge in [0, 0.05) is 43.6 Å². The molecule has 5 saturated heterocycles. The second-order valence-electron chi connectivity index (χ2n) is 17.6. The molecule has 0 aromatic rings. The number of carbonyl (C=O) groups excluding carboxylic acids is 1. The van der Waals surface area contributed by atoms with E-state index in [-0.39, 0.29) is 0 Å². The van der Waals surface area contributed by atoms with Crippen molar-refractivity contribution in [2.24, 2.45) is 29.6 Å². The number of carbonyl (C=O) groups is 2. The summed E-state index contributed by atoms with van der Waals surface area (Å²) in [4.78, 5) is 34.4. The lowest BCUT2D eigenvalue weighted by Crippen LogP contribution is -2.61. The topological polar surface area (TPSA) is 415 Å². The molecule has 8 N–H and O–H groups in total. The molecular formula is C39H64O29S2-2. The van der Waals surface area contributed by atoms with Crippen LogP contribution in [0.4, 0.5) is 0 Å². The normalized spacial score (nSPS) is 45.7. The molecule has 5 heterocycles. The Morgan fingerprint density at radius 2 is 0.914 bits per heavy atom. The molecule has 0 bridgehead atoms. The average Bonchev–Trinajstić information content (AvgIpc) is 3.29. The van der Waals surface area contributed by atoms with Gasteiger partial charge in [-0.25, -0.2) is 23.0 Å². The molecule has 5 rings (SSSR count). The van der Waals surface area contributed by atoms with E-state index in [1.165, 1.54) is 21.0 Å². The average molecular weight is 1060 g/mol. The molecule has 0 saturated carbocycles. The number of hydrogen-bond donors (Lipinski definition) is 8. The number of esters is 1. The van der Waals surface area contributed by atoms with Crippen LogP contribution in [0.3, 0.4) is 0 Å². The van der Waals surface area contributed by atoms with Crippen molar-refractivity contribution in [3.8, 4) is 0 Å². The lowest BCUT2D eigenvalue weighted by Gasteiger charge is -2.47. The first kappa shape index (κ1) is 59.2. The van der Waals surface area contributed by atoms with Crippen molar-refractivity contribution in [1.82, 2.24) is 0 Å². The van der Waals surface area contributed by atoms with E-state index >= 15 is 0 Å². The zero-order valence-corrected chi connectivity index (χ0v) is 40.6. The fraction of sp³-hybridized carbons (Fsp3) is 0.949. The second kappa shape index (κ2) is 26.7. The molecule has 29 nitrogen and oxygen atoms in total. The van der Waals surface area contributed by atoms with Crippen LogP contribution in [-0.4, -0.2) is 227 Å². The fourth-order valence-electron chi connectivity index (χ4n) is 9.31. The maximum absolute atomic E-state index is 12.4. The summed E-state index contributed by atoms with van der Waals surface area (Å²) < 4.78 is 118. The molecule has 0 spiro atoms. The number of carboxylic acid groups (broad SMARTS) is 1. The number of carboxylic acids is 1. The van der Waals surface area contributed by atoms with Crippen LogP contribution in [0, 0.1) is 29.6 Å². The quantitative estimate of drug-likeness (QED) is 0.0220. The predicted octanol–water partition coefficient (Wildman–Crippen LogP) is -4.34. The van der Waals surface area contributed by atoms with Crippen molar-refractivity contribution in [2.45, 2.75) is 171 Å². The van der Waals surface area contributed by atoms with Crippen molar-refractivity contribution in [1.29, 1.82) is 0 Å². The fourth-order valence-corrected chi connectivity index (χ4v) is 9.62. The molecule has 5 aliphatic heterocycles. The summed E-state index contributed by atoms with van der Waals surface area (Å²) in [5.74, 6) is -7.65. The van der Waals surface area contributed by atoms with Crippen LogP contribution < -0.4 is 0 Å². The zero-order chi connectivity index (χ0) is 51.9. The van der Waals surface area contributed by atoms with Crippen LogP contribution in [0.2, 0.25) is 0 Å². The maximum Gasteiger partial charge on any atom is 0.335 e. The SMILES string of the molecule is CC[C@@H]1C(O)[C@H](OC[C@@H]2C(O)[C@H](OC[C@@H]3C(O)[C@H](OC[C@@H]4C(CO[C@H]5OC(C(=O)O)[C@@H](O)[C@@H](O)C5O)[C@H](OC)OC(C)[C@H]4OC(C)=O)OC(C)[C@H]3OOS(=O)[O-])OC(C)[C@H]2OOS(=O)[O-])OC(C)[C@H]1O. The van der Waals surface area contributed by atoms with Gasteiger partial charge in [-0.1, -0.05) is 6.92 Å². The summed E-state index contributed by atoms with van der Waals surface area (Å²) in [6, 6.07) is 0. The van der Waals surface area contributed by atoms with Gasteiger partial charge in [0.05, 0.1) is 56.9 Å². The Balaban J connectivity index is 1.35. The van der Waals surface area contributed by atoms with Crippen LogP contribution in [0.1, 0.15) is 48.0 Å². The molecule has 5 fully saturated rings. The Morgan fingerprint density at radius 3 is 1.34 bits per heavy atom. The Labute approximate surface area is 406 Å². The summed E-state index contributed by atoms with van der Waals surface area (Å²) in [5, 5.41) is 85.7. The minimum absolute atomic E-state index is 0.355. The summed E-state index contributed by atoms with van der Waals surface area (Å²) in [7, 11) is 1.28. The van der Waals surface area contributed by atoms with Crippen molar-refractivity contribution >= 4 is 34.7 Å². The number of methoxy groups -OCH3 is 1. The molecule has 27 atom stereocenters. The van der Waals surface area contributed by atoms with Crippen molar-refractivity contribution < 1.29 is 139 Å². The Hall–Kier alpha value is -1.68. The Kier molecular flexibility index (Phi) is 22.6. The van der Waals surface area contributed by atoms with E-state index in [0.717, 1.165) is 6.92 Å². The van der Waals surface area contributed by atoms with Gasteiger partial charge in [-0.05, 0) is 34.1 Å². The van der Waals surface area contributed by atoms with E-state index in [0.29, 0.717) is 6.42 Å². The van der Waals surface area contributed by atoms with Crippen molar-refractivity contribution in [3.05, 3.63) is 0 Å². The van der Waals surface area contributed by atoms with Gasteiger partial charge in [-0.15, -0.1) is 8.67 Å². The van der Waals surface area contributed by atoms with E-state index in [1.54, 1.807) is 20.8 Å². The summed E-state index contributed by atoms with van der Waals surface area (Å²) in [6.45, 7) is 6.74. The number of rotatable bonds is 22. The van der Waals surface area contributed by atoms with Gasteiger partial charge in [0.15, 0.2) is 37.6 Å². The number of aliphatic hydroxyl groups excluding tert-OH is 7. The molecule has 0 aliphatic carbocycles. The highest BCUT2D eigenvalue weighted by atomic mass is 32.2. The highest BCUT2D eigenvalue weighted by Crippen LogP contribution is 2.39. The van der Waals surface area contributed by atoms with E-state index in [1.807, 2.05) is 0 Å². The van der Waals surface area contributed by atoms with E-state index in [4.69, 9.17) is 61.9 Å². The van der Waals surface area contributed by atoms with Crippen molar-refractivity contribution in [2.75, 3.05) is 33.5 Å². The summed E-state index contributed by atoms with van der Waals surface area (Å²) in [6.07, 6.45) is -28.8. The molecule has 70 heavy (non-hydrogen) atoms. The van der Waals surface area contributed by atoms with Gasteiger partial charge < -0.3 is 102 Å². The molecule has 0 radical (unpaired) electrons. The Morgan fingerprint density at radius 1 is 0.514 bits per heavy atom. The van der Waals surface area contributed by atoms with Gasteiger partial charge in [0.25, 0.3) is 0 Å². The van der Waals surface area contributed by atoms with Crippen LogP contribution >= 0.6 is 0 Å². The van der Waals surface area contributed by atoms with Crippen LogP contribution in [0.25, 0.3) is 0 Å². The predicted molar refractivity (Wildman–Crippen MR) is 220 cm³/mol. The van der Waals surface area contributed by atoms with E-state index in [9.17, 15) is 68.0 Å². The third-order valence-corrected chi connectivity index (χ3v) is 13.4. The summed E-state index contributed by atoms with van der Waals surface area (Å²) >= 11 is -6.42. The lowest BCUT2D eigenvalue weighted by atomic mass is 9.82. The monoisotopic (exact) mass is 1060 g/mol. The number of ether oxygens (including phenoxy) is 11. The van der Waals surface area contributed by atoms with Crippen LogP contribution in [-0.2, 0) is 103 Å². The van der Waals surface area contributed by atoms with Crippen molar-refractivity contribution in [3.63, 3.8) is 0 Å². The molecule has 0 amide bonds. The maximum atomic E-state index is 12.4. The lowest BCUT2D eigenvalue weighted by molar-refractivity contribution is -0.372. The minimum Gasteiger partial charge on any atom is -0.748 e. The zero-order valence-electron chi connectivity index (χ0n) is 38.9. The smallest absolute Gasteiger partial charge is 0.335 e. The number of hydrogen-bond acceptors (Lipinski definition) is 28. The van der Waals surface area contributed by atoms with E-state index in [2.05, 4.69) is 8.67 Å². The van der Waals surface area contributed by atoms with E-state index < -0.39 is 214 Å². The first-order valence-corrected chi connectivity index (χ1v) is 24.3.